The molecule has 4 heteroatoms. The molecule has 0 aliphatic carbocycles. The third kappa shape index (κ3) is 3.48. The lowest BCUT2D eigenvalue weighted by molar-refractivity contribution is 0.887. The van der Waals surface area contributed by atoms with Gasteiger partial charge in [-0.05, 0) is 38.0 Å². The van der Waals surface area contributed by atoms with E-state index >= 15 is 0 Å². The number of benzene rings is 1. The Kier molecular flexibility index (Phi) is 4.96. The molecule has 0 spiro atoms. The van der Waals surface area contributed by atoms with Gasteiger partial charge in [0.2, 0.25) is 0 Å². The summed E-state index contributed by atoms with van der Waals surface area (Å²) in [6, 6.07) is 7.84. The van der Waals surface area contributed by atoms with Crippen molar-refractivity contribution in [2.75, 3.05) is 11.9 Å². The smallest absolute Gasteiger partial charge is 0.135 e. The van der Waals surface area contributed by atoms with Gasteiger partial charge in [-0.15, -0.1) is 0 Å². The van der Waals surface area contributed by atoms with E-state index in [-0.39, 0.29) is 0 Å². The molecule has 0 fully saturated rings. The molecule has 1 aromatic carbocycles. The highest BCUT2D eigenvalue weighted by Crippen LogP contribution is 2.19. The molecule has 3 nitrogen and oxygen atoms in total. The third-order valence-corrected chi connectivity index (χ3v) is 3.46. The van der Waals surface area contributed by atoms with Gasteiger partial charge >= 0.3 is 0 Å². The lowest BCUT2D eigenvalue weighted by Gasteiger charge is -2.12. The van der Waals surface area contributed by atoms with Crippen LogP contribution in [-0.2, 0) is 12.8 Å². The first kappa shape index (κ1) is 14.8. The molecule has 0 atom stereocenters. The van der Waals surface area contributed by atoms with Crippen molar-refractivity contribution in [2.45, 2.75) is 33.6 Å². The highest BCUT2D eigenvalue weighted by molar-refractivity contribution is 6.30. The largest absolute Gasteiger partial charge is 0.370 e. The number of nitrogens with one attached hydrogen (secondary N) is 1. The maximum atomic E-state index is 6.02. The summed E-state index contributed by atoms with van der Waals surface area (Å²) in [5, 5.41) is 4.06. The Morgan fingerprint density at radius 3 is 2.65 bits per heavy atom. The van der Waals surface area contributed by atoms with Gasteiger partial charge in [-0.25, -0.2) is 9.97 Å². The Balaban J connectivity index is 2.34. The maximum Gasteiger partial charge on any atom is 0.135 e. The van der Waals surface area contributed by atoms with Gasteiger partial charge in [0.05, 0.1) is 0 Å². The van der Waals surface area contributed by atoms with Crippen LogP contribution < -0.4 is 5.32 Å². The third-order valence-electron chi connectivity index (χ3n) is 3.22. The lowest BCUT2D eigenvalue weighted by atomic mass is 10.1. The van der Waals surface area contributed by atoms with Crippen LogP contribution in [-0.4, -0.2) is 16.5 Å². The van der Waals surface area contributed by atoms with Crippen LogP contribution in [0, 0.1) is 6.92 Å². The number of anilines is 1. The van der Waals surface area contributed by atoms with E-state index in [1.54, 1.807) is 0 Å². The number of hydrogen-bond acceptors (Lipinski definition) is 3. The first-order valence-corrected chi connectivity index (χ1v) is 7.36. The lowest BCUT2D eigenvalue weighted by Crippen LogP contribution is -2.09. The number of nitrogens with zero attached hydrogens (tertiary/aromatic N) is 2. The molecule has 0 aliphatic heterocycles. The number of aryl methyl sites for hydroxylation is 1. The molecule has 0 radical (unpaired) electrons. The monoisotopic (exact) mass is 289 g/mol. The highest BCUT2D eigenvalue weighted by atomic mass is 35.5. The molecule has 0 bridgehead atoms. The van der Waals surface area contributed by atoms with Crippen LogP contribution in [0.4, 0.5) is 5.82 Å². The number of rotatable bonds is 5. The van der Waals surface area contributed by atoms with E-state index in [0.29, 0.717) is 6.42 Å². The fourth-order valence-corrected chi connectivity index (χ4v) is 2.42. The predicted molar refractivity (Wildman–Crippen MR) is 84.6 cm³/mol. The molecule has 0 unspecified atom stereocenters. The van der Waals surface area contributed by atoms with E-state index in [0.717, 1.165) is 46.5 Å². The Bertz CT molecular complexity index is 596. The first-order chi connectivity index (χ1) is 9.63. The molecular formula is C16H20ClN3. The van der Waals surface area contributed by atoms with E-state index in [1.165, 1.54) is 0 Å². The van der Waals surface area contributed by atoms with Crippen LogP contribution in [0.5, 0.6) is 0 Å². The second kappa shape index (κ2) is 6.71. The van der Waals surface area contributed by atoms with Crippen molar-refractivity contribution in [3.63, 3.8) is 0 Å². The van der Waals surface area contributed by atoms with Crippen molar-refractivity contribution >= 4 is 17.4 Å². The van der Waals surface area contributed by atoms with E-state index in [2.05, 4.69) is 36.1 Å². The summed E-state index contributed by atoms with van der Waals surface area (Å²) in [5.74, 6) is 1.78. The number of hydrogen-bond donors (Lipinski definition) is 1. The molecule has 106 valence electrons. The standard InChI is InChI=1S/C16H20ClN3/c1-4-14-11(3)16(18-5-2)20-15(19-14)10-12-7-6-8-13(17)9-12/h6-9H,4-5,10H2,1-3H3,(H,18,19,20). The molecule has 0 saturated carbocycles. The van der Waals surface area contributed by atoms with Gasteiger partial charge in [-0.3, -0.25) is 0 Å². The zero-order valence-corrected chi connectivity index (χ0v) is 13.0. The molecule has 0 amide bonds. The molecule has 20 heavy (non-hydrogen) atoms. The summed E-state index contributed by atoms with van der Waals surface area (Å²) >= 11 is 6.02. The van der Waals surface area contributed by atoms with E-state index in [9.17, 15) is 0 Å². The second-order valence-electron chi connectivity index (χ2n) is 4.75. The van der Waals surface area contributed by atoms with Gasteiger partial charge in [0.25, 0.3) is 0 Å². The number of aromatic nitrogens is 2. The summed E-state index contributed by atoms with van der Waals surface area (Å²) < 4.78 is 0. The van der Waals surface area contributed by atoms with Crippen molar-refractivity contribution in [1.82, 2.24) is 9.97 Å². The molecule has 1 aromatic heterocycles. The van der Waals surface area contributed by atoms with E-state index in [4.69, 9.17) is 11.6 Å². The molecule has 1 heterocycles. The van der Waals surface area contributed by atoms with Crippen LogP contribution in [0.25, 0.3) is 0 Å². The predicted octanol–water partition coefficient (Wildman–Crippen LogP) is 4.02. The average Bonchev–Trinajstić information content (AvgIpc) is 2.42. The maximum absolute atomic E-state index is 6.02. The minimum Gasteiger partial charge on any atom is -0.370 e. The molecular weight excluding hydrogens is 270 g/mol. The van der Waals surface area contributed by atoms with Crippen LogP contribution in [0.3, 0.4) is 0 Å². The minimum atomic E-state index is 0.701. The topological polar surface area (TPSA) is 37.8 Å². The summed E-state index contributed by atoms with van der Waals surface area (Å²) in [4.78, 5) is 9.29. The molecule has 2 rings (SSSR count). The highest BCUT2D eigenvalue weighted by Gasteiger charge is 2.09. The SMILES string of the molecule is CCNc1nc(Cc2cccc(Cl)c2)nc(CC)c1C. The zero-order valence-electron chi connectivity index (χ0n) is 12.2. The average molecular weight is 290 g/mol. The Morgan fingerprint density at radius 2 is 2.00 bits per heavy atom. The minimum absolute atomic E-state index is 0.701. The van der Waals surface area contributed by atoms with Crippen molar-refractivity contribution in [3.8, 4) is 0 Å². The van der Waals surface area contributed by atoms with Gasteiger partial charge in [0, 0.05) is 29.2 Å². The Labute approximate surface area is 125 Å². The summed E-state index contributed by atoms with van der Waals surface area (Å²) in [7, 11) is 0. The van der Waals surface area contributed by atoms with Crippen molar-refractivity contribution in [3.05, 3.63) is 51.9 Å². The fraction of sp³-hybridized carbons (Fsp3) is 0.375. The Hall–Kier alpha value is -1.61. The first-order valence-electron chi connectivity index (χ1n) is 6.98. The van der Waals surface area contributed by atoms with Crippen molar-refractivity contribution in [1.29, 1.82) is 0 Å². The normalized spacial score (nSPS) is 10.6. The second-order valence-corrected chi connectivity index (χ2v) is 5.19. The van der Waals surface area contributed by atoms with Gasteiger partial charge in [0.15, 0.2) is 0 Å². The summed E-state index contributed by atoms with van der Waals surface area (Å²) in [5.41, 5.74) is 3.38. The molecule has 2 aromatic rings. The van der Waals surface area contributed by atoms with Crippen LogP contribution in [0.1, 0.15) is 36.5 Å². The van der Waals surface area contributed by atoms with E-state index < -0.39 is 0 Å². The van der Waals surface area contributed by atoms with Gasteiger partial charge in [-0.1, -0.05) is 30.7 Å². The number of halogens is 1. The fourth-order valence-electron chi connectivity index (χ4n) is 2.21. The molecule has 1 N–H and O–H groups in total. The van der Waals surface area contributed by atoms with Gasteiger partial charge < -0.3 is 5.32 Å². The molecule has 0 saturated heterocycles. The quantitative estimate of drug-likeness (QED) is 0.903. The van der Waals surface area contributed by atoms with Crippen LogP contribution in [0.2, 0.25) is 5.02 Å². The Morgan fingerprint density at radius 1 is 1.20 bits per heavy atom. The summed E-state index contributed by atoms with van der Waals surface area (Å²) in [6.45, 7) is 7.12. The summed E-state index contributed by atoms with van der Waals surface area (Å²) in [6.07, 6.45) is 1.61. The van der Waals surface area contributed by atoms with Crippen LogP contribution >= 0.6 is 11.6 Å². The van der Waals surface area contributed by atoms with E-state index in [1.807, 2.05) is 24.3 Å². The van der Waals surface area contributed by atoms with Gasteiger partial charge in [0.1, 0.15) is 11.6 Å². The zero-order chi connectivity index (χ0) is 14.5. The van der Waals surface area contributed by atoms with Crippen LogP contribution in [0.15, 0.2) is 24.3 Å². The van der Waals surface area contributed by atoms with Crippen molar-refractivity contribution < 1.29 is 0 Å². The molecule has 0 aliphatic rings. The van der Waals surface area contributed by atoms with Crippen molar-refractivity contribution in [2.24, 2.45) is 0 Å². The van der Waals surface area contributed by atoms with Gasteiger partial charge in [-0.2, -0.15) is 0 Å².